The van der Waals surface area contributed by atoms with Gasteiger partial charge in [-0.1, -0.05) is 24.2 Å². The van der Waals surface area contributed by atoms with Gasteiger partial charge in [0.25, 0.3) is 0 Å². The summed E-state index contributed by atoms with van der Waals surface area (Å²) in [5.74, 6) is 0.131. The van der Waals surface area contributed by atoms with E-state index in [1.165, 1.54) is 25.4 Å². The van der Waals surface area contributed by atoms with Gasteiger partial charge in [-0.2, -0.15) is 4.98 Å². The number of methoxy groups -OCH3 is 1. The van der Waals surface area contributed by atoms with Crippen LogP contribution >= 0.6 is 11.6 Å². The molecular weight excluding hydrogens is 485 g/mol. The van der Waals surface area contributed by atoms with Crippen molar-refractivity contribution in [2.24, 2.45) is 0 Å². The third kappa shape index (κ3) is 6.83. The maximum atomic E-state index is 14.3. The first-order chi connectivity index (χ1) is 17.2. The zero-order chi connectivity index (χ0) is 26.2. The molecule has 4 N–H and O–H groups in total. The fourth-order valence-electron chi connectivity index (χ4n) is 3.07. The lowest BCUT2D eigenvalue weighted by Gasteiger charge is -2.23. The van der Waals surface area contributed by atoms with Crippen molar-refractivity contribution in [2.75, 3.05) is 49.0 Å². The lowest BCUT2D eigenvalue weighted by molar-refractivity contribution is -0.111. The molecule has 9 nitrogen and oxygen atoms in total. The summed E-state index contributed by atoms with van der Waals surface area (Å²) in [6.07, 6.45) is 2.71. The molecule has 0 saturated heterocycles. The molecule has 3 aromatic rings. The number of hydrogen-bond acceptors (Lipinski definition) is 8. The number of nitrogens with zero attached hydrogens (tertiary/aromatic N) is 3. The van der Waals surface area contributed by atoms with Crippen LogP contribution in [0.5, 0.6) is 5.75 Å². The normalized spacial score (nSPS) is 11.5. The van der Waals surface area contributed by atoms with Gasteiger partial charge in [0.1, 0.15) is 11.6 Å². The van der Waals surface area contributed by atoms with Gasteiger partial charge < -0.3 is 30.9 Å². The Labute approximate surface area is 214 Å². The van der Waals surface area contributed by atoms with Crippen LogP contribution in [-0.4, -0.2) is 54.6 Å². The van der Waals surface area contributed by atoms with Gasteiger partial charge in [0.2, 0.25) is 11.9 Å². The minimum Gasteiger partial charge on any atom is -0.494 e. The molecule has 1 amide bonds. The molecule has 1 heterocycles. The number of halogens is 2. The van der Waals surface area contributed by atoms with Crippen LogP contribution in [0.3, 0.4) is 0 Å². The van der Waals surface area contributed by atoms with E-state index in [1.807, 2.05) is 14.1 Å². The molecule has 3 rings (SSSR count). The quantitative estimate of drug-likeness (QED) is 0.258. The summed E-state index contributed by atoms with van der Waals surface area (Å²) in [5.41, 5.74) is 1.88. The summed E-state index contributed by atoms with van der Waals surface area (Å²) in [4.78, 5) is 22.8. The highest BCUT2D eigenvalue weighted by Gasteiger charge is 2.15. The maximum absolute atomic E-state index is 14.3. The van der Waals surface area contributed by atoms with E-state index < -0.39 is 5.82 Å². The number of hydrogen-bond donors (Lipinski definition) is 4. The minimum absolute atomic E-state index is 0.0000775. The number of rotatable bonds is 11. The largest absolute Gasteiger partial charge is 0.494 e. The smallest absolute Gasteiger partial charge is 0.247 e. The predicted molar refractivity (Wildman–Crippen MR) is 143 cm³/mol. The number of carbonyl (C=O) groups is 1. The van der Waals surface area contributed by atoms with Crippen molar-refractivity contribution < 1.29 is 13.9 Å². The first-order valence-corrected chi connectivity index (χ1v) is 11.5. The highest BCUT2D eigenvalue weighted by Crippen LogP contribution is 2.36. The van der Waals surface area contributed by atoms with E-state index in [0.29, 0.717) is 35.2 Å². The van der Waals surface area contributed by atoms with Gasteiger partial charge in [-0.05, 0) is 51.4 Å². The second kappa shape index (κ2) is 12.2. The molecule has 190 valence electrons. The number of amides is 1. The van der Waals surface area contributed by atoms with Crippen LogP contribution in [0.4, 0.5) is 38.9 Å². The Morgan fingerprint density at radius 3 is 2.67 bits per heavy atom. The van der Waals surface area contributed by atoms with Crippen molar-refractivity contribution >= 4 is 52.0 Å². The zero-order valence-electron chi connectivity index (χ0n) is 20.5. The summed E-state index contributed by atoms with van der Waals surface area (Å²) in [5, 5.41) is 12.2. The summed E-state index contributed by atoms with van der Waals surface area (Å²) in [6, 6.07) is 9.96. The third-order valence-electron chi connectivity index (χ3n) is 5.37. The summed E-state index contributed by atoms with van der Waals surface area (Å²) in [6.45, 7) is 6.24. The summed E-state index contributed by atoms with van der Waals surface area (Å²) >= 11 is 5.86. The highest BCUT2D eigenvalue weighted by atomic mass is 35.5. The molecule has 36 heavy (non-hydrogen) atoms. The van der Waals surface area contributed by atoms with E-state index in [2.05, 4.69) is 49.6 Å². The second-order valence-corrected chi connectivity index (χ2v) is 8.51. The van der Waals surface area contributed by atoms with E-state index in [1.54, 1.807) is 30.3 Å². The van der Waals surface area contributed by atoms with Gasteiger partial charge in [-0.25, -0.2) is 9.37 Å². The number of benzene rings is 2. The first kappa shape index (κ1) is 26.7. The van der Waals surface area contributed by atoms with E-state index in [-0.39, 0.29) is 28.6 Å². The standard InChI is InChI=1S/C25H29ClFN7O2/c1-6-23(35)31-19-12-20(21(36-5)13-18(19)29-14-15(2)34(3)4)32-25-28-11-10-22(33-25)30-17-9-7-8-16(26)24(17)27/h6-13,15,29H,1,14H2,2-5H3,(H,31,35)(H2,28,30,32,33). The SMILES string of the molecule is C=CC(=O)Nc1cc(Nc2nccc(Nc3cccc(Cl)c3F)n2)c(OC)cc1NCC(C)N(C)C. The molecule has 1 atom stereocenters. The van der Waals surface area contributed by atoms with Crippen LogP contribution in [0.1, 0.15) is 6.92 Å². The van der Waals surface area contributed by atoms with Gasteiger partial charge in [0.05, 0.1) is 34.9 Å². The van der Waals surface area contributed by atoms with Crippen LogP contribution in [0.25, 0.3) is 0 Å². The van der Waals surface area contributed by atoms with Gasteiger partial charge in [0.15, 0.2) is 5.82 Å². The average molecular weight is 514 g/mol. The molecular formula is C25H29ClFN7O2. The fraction of sp³-hybridized carbons (Fsp3) is 0.240. The zero-order valence-corrected chi connectivity index (χ0v) is 21.3. The summed E-state index contributed by atoms with van der Waals surface area (Å²) in [7, 11) is 5.52. The maximum Gasteiger partial charge on any atom is 0.247 e. The van der Waals surface area contributed by atoms with Crippen LogP contribution < -0.4 is 26.0 Å². The van der Waals surface area contributed by atoms with Gasteiger partial charge in [-0.15, -0.1) is 0 Å². The molecule has 0 spiro atoms. The number of anilines is 6. The monoisotopic (exact) mass is 513 g/mol. The van der Waals surface area contributed by atoms with Crippen molar-refractivity contribution in [2.45, 2.75) is 13.0 Å². The van der Waals surface area contributed by atoms with Crippen LogP contribution in [-0.2, 0) is 4.79 Å². The Balaban J connectivity index is 1.90. The topological polar surface area (TPSA) is 103 Å². The molecule has 0 radical (unpaired) electrons. The molecule has 0 aliphatic carbocycles. The number of carbonyl (C=O) groups excluding carboxylic acids is 1. The van der Waals surface area contributed by atoms with E-state index in [0.717, 1.165) is 0 Å². The molecule has 0 aliphatic heterocycles. The lowest BCUT2D eigenvalue weighted by Crippen LogP contribution is -2.31. The second-order valence-electron chi connectivity index (χ2n) is 8.10. The molecule has 11 heteroatoms. The number of nitrogens with one attached hydrogen (secondary N) is 4. The highest BCUT2D eigenvalue weighted by molar-refractivity contribution is 6.31. The number of aromatic nitrogens is 2. The van der Waals surface area contributed by atoms with Crippen molar-refractivity contribution in [1.29, 1.82) is 0 Å². The lowest BCUT2D eigenvalue weighted by atomic mass is 10.2. The Hall–Kier alpha value is -3.89. The summed E-state index contributed by atoms with van der Waals surface area (Å²) < 4.78 is 19.9. The Morgan fingerprint density at radius 1 is 1.19 bits per heavy atom. The van der Waals surface area contributed by atoms with Gasteiger partial charge >= 0.3 is 0 Å². The number of ether oxygens (including phenoxy) is 1. The molecule has 2 aromatic carbocycles. The molecule has 1 unspecified atom stereocenters. The predicted octanol–water partition coefficient (Wildman–Crippen LogP) is 5.25. The molecule has 0 saturated carbocycles. The van der Waals surface area contributed by atoms with Crippen LogP contribution in [0, 0.1) is 5.82 Å². The average Bonchev–Trinajstić information content (AvgIpc) is 2.86. The Kier molecular flexibility index (Phi) is 9.04. The third-order valence-corrected chi connectivity index (χ3v) is 5.66. The van der Waals surface area contributed by atoms with Crippen molar-refractivity contribution in [3.8, 4) is 5.75 Å². The number of likely N-dealkylation sites (N-methyl/N-ethyl adjacent to an activating group) is 1. The van der Waals surface area contributed by atoms with Gasteiger partial charge in [-0.3, -0.25) is 4.79 Å². The van der Waals surface area contributed by atoms with Crippen LogP contribution in [0.2, 0.25) is 5.02 Å². The molecule has 0 bridgehead atoms. The van der Waals surface area contributed by atoms with Crippen molar-refractivity contribution in [3.05, 3.63) is 66.1 Å². The first-order valence-electron chi connectivity index (χ1n) is 11.1. The minimum atomic E-state index is -0.580. The Morgan fingerprint density at radius 2 is 1.97 bits per heavy atom. The fourth-order valence-corrected chi connectivity index (χ4v) is 3.24. The molecule has 0 aliphatic rings. The van der Waals surface area contributed by atoms with Gasteiger partial charge in [0, 0.05) is 24.8 Å². The van der Waals surface area contributed by atoms with E-state index in [9.17, 15) is 9.18 Å². The Bertz CT molecular complexity index is 1240. The van der Waals surface area contributed by atoms with Crippen molar-refractivity contribution in [1.82, 2.24) is 14.9 Å². The van der Waals surface area contributed by atoms with E-state index in [4.69, 9.17) is 16.3 Å². The van der Waals surface area contributed by atoms with Crippen LogP contribution in [0.15, 0.2) is 55.3 Å². The molecule has 1 aromatic heterocycles. The van der Waals surface area contributed by atoms with E-state index >= 15 is 0 Å². The molecule has 0 fully saturated rings. The van der Waals surface area contributed by atoms with Crippen molar-refractivity contribution in [3.63, 3.8) is 0 Å².